The van der Waals surface area contributed by atoms with Crippen molar-refractivity contribution >= 4 is 48.9 Å². The lowest BCUT2D eigenvalue weighted by molar-refractivity contribution is -0.114. The molecular formula is C27H20FN3O3S. The Morgan fingerprint density at radius 3 is 2.37 bits per heavy atom. The number of hydrogen-bond acceptors (Lipinski definition) is 4. The first-order valence-corrected chi connectivity index (χ1v) is 12.3. The minimum Gasteiger partial charge on any atom is -0.324 e. The quantitative estimate of drug-likeness (QED) is 0.351. The van der Waals surface area contributed by atoms with Gasteiger partial charge in [0.15, 0.2) is 0 Å². The summed E-state index contributed by atoms with van der Waals surface area (Å²) in [6, 6.07) is 24.5. The predicted molar refractivity (Wildman–Crippen MR) is 135 cm³/mol. The lowest BCUT2D eigenvalue weighted by Gasteiger charge is -2.25. The number of carbonyl (C=O) groups is 1. The second-order valence-corrected chi connectivity index (χ2v) is 9.75. The van der Waals surface area contributed by atoms with Crippen LogP contribution in [0.25, 0.3) is 21.5 Å². The molecule has 8 heteroatoms. The summed E-state index contributed by atoms with van der Waals surface area (Å²) in [5.41, 5.74) is 0.742. The highest BCUT2D eigenvalue weighted by atomic mass is 32.2. The van der Waals surface area contributed by atoms with E-state index in [0.29, 0.717) is 16.5 Å². The Balaban J connectivity index is 1.55. The topological polar surface area (TPSA) is 79.4 Å². The van der Waals surface area contributed by atoms with Gasteiger partial charge in [-0.15, -0.1) is 0 Å². The van der Waals surface area contributed by atoms with Gasteiger partial charge in [0.25, 0.3) is 10.0 Å². The van der Waals surface area contributed by atoms with Crippen LogP contribution in [0.4, 0.5) is 15.8 Å². The molecule has 0 atom stereocenters. The van der Waals surface area contributed by atoms with Gasteiger partial charge in [0.05, 0.1) is 10.6 Å². The van der Waals surface area contributed by atoms with Crippen LogP contribution < -0.4 is 9.62 Å². The average molecular weight is 486 g/mol. The van der Waals surface area contributed by atoms with E-state index in [-0.39, 0.29) is 10.6 Å². The van der Waals surface area contributed by atoms with Crippen molar-refractivity contribution in [2.75, 3.05) is 16.2 Å². The molecule has 0 spiro atoms. The maximum atomic E-state index is 13.9. The first kappa shape index (κ1) is 22.5. The Morgan fingerprint density at radius 1 is 0.829 bits per heavy atom. The van der Waals surface area contributed by atoms with E-state index in [2.05, 4.69) is 10.3 Å². The number of aromatic nitrogens is 1. The molecule has 0 saturated heterocycles. The molecule has 0 aliphatic carbocycles. The summed E-state index contributed by atoms with van der Waals surface area (Å²) >= 11 is 0. The number of benzene rings is 4. The van der Waals surface area contributed by atoms with E-state index in [1.165, 1.54) is 24.4 Å². The van der Waals surface area contributed by atoms with Crippen molar-refractivity contribution in [1.29, 1.82) is 0 Å². The van der Waals surface area contributed by atoms with E-state index in [1.807, 2.05) is 36.4 Å². The number of hydrogen-bond donors (Lipinski definition) is 1. The normalized spacial score (nSPS) is 11.5. The van der Waals surface area contributed by atoms with Gasteiger partial charge in [0.2, 0.25) is 5.91 Å². The third-order valence-electron chi connectivity index (χ3n) is 5.67. The minimum absolute atomic E-state index is 0.0275. The highest BCUT2D eigenvalue weighted by Crippen LogP contribution is 2.29. The van der Waals surface area contributed by atoms with E-state index >= 15 is 0 Å². The fourth-order valence-corrected chi connectivity index (χ4v) is 5.65. The SMILES string of the molecule is O=C(CN(c1ccc(F)cc1)S(=O)(=O)c1cccc2cnccc12)Nc1cccc2ccccc12. The number of pyridine rings is 1. The number of amides is 1. The molecule has 0 saturated carbocycles. The van der Waals surface area contributed by atoms with Crippen molar-refractivity contribution in [3.05, 3.63) is 109 Å². The molecule has 0 unspecified atom stereocenters. The molecule has 1 aromatic heterocycles. The number of anilines is 2. The first-order chi connectivity index (χ1) is 16.9. The van der Waals surface area contributed by atoms with Crippen LogP contribution in [-0.4, -0.2) is 25.9 Å². The lowest BCUT2D eigenvalue weighted by Crippen LogP contribution is -2.38. The van der Waals surface area contributed by atoms with Gasteiger partial charge in [-0.3, -0.25) is 14.1 Å². The molecule has 35 heavy (non-hydrogen) atoms. The average Bonchev–Trinajstić information content (AvgIpc) is 2.88. The number of fused-ring (bicyclic) bond motifs is 2. The standard InChI is InChI=1S/C27H20FN3O3S/c28-21-11-13-22(14-12-21)31(35(33,34)26-10-4-7-20-17-29-16-15-24(20)26)18-27(32)30-25-9-3-6-19-5-1-2-8-23(19)25/h1-17H,18H2,(H,30,32). The summed E-state index contributed by atoms with van der Waals surface area (Å²) in [5, 5.41) is 5.73. The molecule has 0 radical (unpaired) electrons. The van der Waals surface area contributed by atoms with Gasteiger partial charge in [-0.25, -0.2) is 12.8 Å². The van der Waals surface area contributed by atoms with Crippen LogP contribution in [0.3, 0.4) is 0 Å². The molecular weight excluding hydrogens is 465 g/mol. The predicted octanol–water partition coefficient (Wildman–Crippen LogP) is 5.36. The van der Waals surface area contributed by atoms with Gasteiger partial charge in [0, 0.05) is 34.2 Å². The van der Waals surface area contributed by atoms with Crippen molar-refractivity contribution in [2.45, 2.75) is 4.90 Å². The highest BCUT2D eigenvalue weighted by Gasteiger charge is 2.29. The van der Waals surface area contributed by atoms with Crippen LogP contribution in [0.1, 0.15) is 0 Å². The second-order valence-electron chi connectivity index (χ2n) is 7.92. The first-order valence-electron chi connectivity index (χ1n) is 10.8. The van der Waals surface area contributed by atoms with Crippen LogP contribution in [0.2, 0.25) is 0 Å². The number of nitrogens with one attached hydrogen (secondary N) is 1. The van der Waals surface area contributed by atoms with Gasteiger partial charge in [-0.1, -0.05) is 48.5 Å². The van der Waals surface area contributed by atoms with Crippen LogP contribution in [-0.2, 0) is 14.8 Å². The summed E-state index contributed by atoms with van der Waals surface area (Å²) in [6.07, 6.45) is 3.08. The minimum atomic E-state index is -4.20. The molecule has 1 N–H and O–H groups in total. The van der Waals surface area contributed by atoms with Crippen LogP contribution in [0.15, 0.2) is 108 Å². The largest absolute Gasteiger partial charge is 0.324 e. The van der Waals surface area contributed by atoms with E-state index in [1.54, 1.807) is 30.5 Å². The molecule has 0 aliphatic rings. The van der Waals surface area contributed by atoms with Gasteiger partial charge in [0.1, 0.15) is 12.4 Å². The van der Waals surface area contributed by atoms with Gasteiger partial charge < -0.3 is 5.32 Å². The summed E-state index contributed by atoms with van der Waals surface area (Å²) < 4.78 is 42.3. The molecule has 5 rings (SSSR count). The zero-order valence-corrected chi connectivity index (χ0v) is 19.2. The lowest BCUT2D eigenvalue weighted by atomic mass is 10.1. The summed E-state index contributed by atoms with van der Waals surface area (Å²) in [4.78, 5) is 17.2. The number of nitrogens with zero attached hydrogens (tertiary/aromatic N) is 2. The molecule has 0 fully saturated rings. The maximum absolute atomic E-state index is 13.9. The van der Waals surface area contributed by atoms with Crippen molar-refractivity contribution in [2.24, 2.45) is 0 Å². The molecule has 0 aliphatic heterocycles. The molecule has 0 bridgehead atoms. The fourth-order valence-electron chi connectivity index (χ4n) is 4.01. The molecule has 4 aromatic carbocycles. The van der Waals surface area contributed by atoms with Crippen LogP contribution >= 0.6 is 0 Å². The zero-order valence-electron chi connectivity index (χ0n) is 18.4. The Hall–Kier alpha value is -4.30. The summed E-state index contributed by atoms with van der Waals surface area (Å²) in [7, 11) is -4.20. The van der Waals surface area contributed by atoms with Crippen LogP contribution in [0, 0.1) is 5.82 Å². The highest BCUT2D eigenvalue weighted by molar-refractivity contribution is 7.93. The summed E-state index contributed by atoms with van der Waals surface area (Å²) in [5.74, 6) is -1.04. The van der Waals surface area contributed by atoms with E-state index in [9.17, 15) is 17.6 Å². The van der Waals surface area contributed by atoms with E-state index < -0.39 is 28.3 Å². The Morgan fingerprint density at radius 2 is 1.54 bits per heavy atom. The second kappa shape index (κ2) is 9.15. The van der Waals surface area contributed by atoms with Crippen molar-refractivity contribution in [1.82, 2.24) is 4.98 Å². The van der Waals surface area contributed by atoms with E-state index in [0.717, 1.165) is 27.2 Å². The number of carbonyl (C=O) groups excluding carboxylic acids is 1. The molecule has 1 amide bonds. The maximum Gasteiger partial charge on any atom is 0.265 e. The molecule has 1 heterocycles. The number of rotatable bonds is 6. The number of sulfonamides is 1. The smallest absolute Gasteiger partial charge is 0.265 e. The summed E-state index contributed by atoms with van der Waals surface area (Å²) in [6.45, 7) is -0.501. The fraction of sp³-hybridized carbons (Fsp3) is 0.0370. The van der Waals surface area contributed by atoms with Gasteiger partial charge >= 0.3 is 0 Å². The molecule has 5 aromatic rings. The third kappa shape index (κ3) is 4.43. The van der Waals surface area contributed by atoms with Gasteiger partial charge in [-0.2, -0.15) is 0 Å². The Bertz CT molecular complexity index is 1640. The van der Waals surface area contributed by atoms with Gasteiger partial charge in [-0.05, 0) is 47.9 Å². The van der Waals surface area contributed by atoms with E-state index in [4.69, 9.17) is 0 Å². The Labute approximate surface area is 201 Å². The van der Waals surface area contributed by atoms with Crippen LogP contribution in [0.5, 0.6) is 0 Å². The van der Waals surface area contributed by atoms with Crippen molar-refractivity contribution in [3.8, 4) is 0 Å². The monoisotopic (exact) mass is 485 g/mol. The van der Waals surface area contributed by atoms with Crippen molar-refractivity contribution in [3.63, 3.8) is 0 Å². The van der Waals surface area contributed by atoms with Crippen molar-refractivity contribution < 1.29 is 17.6 Å². The Kier molecular flexibility index (Phi) is 5.88. The number of halogens is 1. The molecule has 6 nitrogen and oxygen atoms in total. The molecule has 174 valence electrons. The third-order valence-corrected chi connectivity index (χ3v) is 7.51. The zero-order chi connectivity index (χ0) is 24.4.